The molecule has 7 nitrogen and oxygen atoms in total. The first-order valence-electron chi connectivity index (χ1n) is 6.82. The summed E-state index contributed by atoms with van der Waals surface area (Å²) in [4.78, 5) is 10.8. The number of nitrogens with one attached hydrogen (secondary N) is 1. The lowest BCUT2D eigenvalue weighted by atomic mass is 10.2. The van der Waals surface area contributed by atoms with Crippen LogP contribution in [-0.4, -0.2) is 61.2 Å². The van der Waals surface area contributed by atoms with Gasteiger partial charge >= 0.3 is 5.97 Å². The molecule has 0 saturated heterocycles. The van der Waals surface area contributed by atoms with Crippen LogP contribution in [0.25, 0.3) is 0 Å². The minimum absolute atomic E-state index is 0.0127. The van der Waals surface area contributed by atoms with Crippen LogP contribution in [0.5, 0.6) is 0 Å². The zero-order valence-electron chi connectivity index (χ0n) is 12.9. The number of aliphatic hydroxyl groups is 1. The Morgan fingerprint density at radius 3 is 2.36 bits per heavy atom. The van der Waals surface area contributed by atoms with E-state index < -0.39 is 28.1 Å². The van der Waals surface area contributed by atoms with Crippen LogP contribution in [0, 0.1) is 6.92 Å². The van der Waals surface area contributed by atoms with Crippen molar-refractivity contribution in [3.63, 3.8) is 0 Å². The second-order valence-electron chi connectivity index (χ2n) is 5.22. The maximum atomic E-state index is 12.3. The minimum Gasteiger partial charge on any atom is -0.480 e. The van der Waals surface area contributed by atoms with Gasteiger partial charge in [0, 0.05) is 20.1 Å². The van der Waals surface area contributed by atoms with E-state index in [0.717, 1.165) is 9.87 Å². The second-order valence-corrected chi connectivity index (χ2v) is 7.27. The molecular formula is C14H22N2O5S. The number of aliphatic carboxylic acids is 1. The van der Waals surface area contributed by atoms with Gasteiger partial charge < -0.3 is 15.5 Å². The van der Waals surface area contributed by atoms with E-state index in [1.165, 1.54) is 26.1 Å². The molecule has 124 valence electrons. The summed E-state index contributed by atoms with van der Waals surface area (Å²) < 4.78 is 25.7. The summed E-state index contributed by atoms with van der Waals surface area (Å²) in [5, 5.41) is 21.2. The van der Waals surface area contributed by atoms with Gasteiger partial charge in [-0.05, 0) is 26.0 Å². The van der Waals surface area contributed by atoms with E-state index in [9.17, 15) is 18.3 Å². The molecule has 0 saturated carbocycles. The molecule has 0 heterocycles. The van der Waals surface area contributed by atoms with E-state index in [1.807, 2.05) is 6.92 Å². The first-order valence-corrected chi connectivity index (χ1v) is 8.26. The Morgan fingerprint density at radius 2 is 1.86 bits per heavy atom. The van der Waals surface area contributed by atoms with Gasteiger partial charge in [-0.2, -0.15) is 4.31 Å². The summed E-state index contributed by atoms with van der Waals surface area (Å²) in [5.41, 5.74) is 0.952. The van der Waals surface area contributed by atoms with Crippen molar-refractivity contribution in [2.45, 2.75) is 30.9 Å². The van der Waals surface area contributed by atoms with E-state index >= 15 is 0 Å². The summed E-state index contributed by atoms with van der Waals surface area (Å²) in [6.45, 7) is 3.16. The predicted molar refractivity (Wildman–Crippen MR) is 82.1 cm³/mol. The lowest BCUT2D eigenvalue weighted by Gasteiger charge is -2.21. The van der Waals surface area contributed by atoms with Crippen LogP contribution in [0.3, 0.4) is 0 Å². The molecule has 0 radical (unpaired) electrons. The van der Waals surface area contributed by atoms with Crippen LogP contribution in [0.2, 0.25) is 0 Å². The fourth-order valence-electron chi connectivity index (χ4n) is 1.75. The lowest BCUT2D eigenvalue weighted by Crippen LogP contribution is -2.43. The molecule has 0 spiro atoms. The molecule has 0 bridgehead atoms. The third kappa shape index (κ3) is 5.06. The van der Waals surface area contributed by atoms with Crippen LogP contribution in [-0.2, 0) is 14.8 Å². The van der Waals surface area contributed by atoms with Gasteiger partial charge in [0.05, 0.1) is 11.0 Å². The number of hydrogen-bond acceptors (Lipinski definition) is 5. The zero-order chi connectivity index (χ0) is 16.9. The number of carboxylic acids is 1. The second kappa shape index (κ2) is 7.68. The van der Waals surface area contributed by atoms with E-state index in [0.29, 0.717) is 0 Å². The van der Waals surface area contributed by atoms with Crippen molar-refractivity contribution >= 4 is 16.0 Å². The summed E-state index contributed by atoms with van der Waals surface area (Å²) in [6.07, 6.45) is -1.01. The monoisotopic (exact) mass is 330 g/mol. The molecule has 0 aliphatic rings. The van der Waals surface area contributed by atoms with Crippen molar-refractivity contribution in [2.24, 2.45) is 0 Å². The van der Waals surface area contributed by atoms with Crippen molar-refractivity contribution in [3.05, 3.63) is 29.8 Å². The molecule has 0 aliphatic carbocycles. The number of rotatable bonds is 8. The van der Waals surface area contributed by atoms with E-state index in [-0.39, 0.29) is 18.0 Å². The molecule has 3 N–H and O–H groups in total. The highest BCUT2D eigenvalue weighted by atomic mass is 32.2. The maximum Gasteiger partial charge on any atom is 0.320 e. The van der Waals surface area contributed by atoms with Gasteiger partial charge in [0.15, 0.2) is 0 Å². The third-order valence-electron chi connectivity index (χ3n) is 3.23. The Hall–Kier alpha value is -1.48. The zero-order valence-corrected chi connectivity index (χ0v) is 13.7. The highest BCUT2D eigenvalue weighted by molar-refractivity contribution is 7.89. The minimum atomic E-state index is -3.68. The first-order chi connectivity index (χ1) is 10.1. The molecule has 0 aliphatic heterocycles. The van der Waals surface area contributed by atoms with Crippen LogP contribution >= 0.6 is 0 Å². The molecule has 0 aromatic heterocycles. The number of benzene rings is 1. The smallest absolute Gasteiger partial charge is 0.320 e. The highest BCUT2D eigenvalue weighted by Gasteiger charge is 2.23. The summed E-state index contributed by atoms with van der Waals surface area (Å²) in [6, 6.07) is 5.62. The molecule has 1 aromatic rings. The molecule has 0 amide bonds. The largest absolute Gasteiger partial charge is 0.480 e. The molecule has 1 rings (SSSR count). The Bertz CT molecular complexity index is 600. The van der Waals surface area contributed by atoms with Gasteiger partial charge in [0.1, 0.15) is 6.04 Å². The van der Waals surface area contributed by atoms with E-state index in [1.54, 1.807) is 12.1 Å². The number of carbonyl (C=O) groups is 1. The first kappa shape index (κ1) is 18.6. The van der Waals surface area contributed by atoms with Crippen LogP contribution in [0.1, 0.15) is 12.5 Å². The van der Waals surface area contributed by atoms with Gasteiger partial charge in [-0.15, -0.1) is 0 Å². The Balaban J connectivity index is 2.65. The topological polar surface area (TPSA) is 107 Å². The summed E-state index contributed by atoms with van der Waals surface area (Å²) in [7, 11) is -2.30. The predicted octanol–water partition coefficient (Wildman–Crippen LogP) is 0.0391. The lowest BCUT2D eigenvalue weighted by molar-refractivity contribution is -0.139. The number of hydrogen-bond donors (Lipinski definition) is 3. The van der Waals surface area contributed by atoms with Crippen LogP contribution in [0.4, 0.5) is 0 Å². The van der Waals surface area contributed by atoms with Crippen LogP contribution in [0.15, 0.2) is 29.2 Å². The molecule has 2 unspecified atom stereocenters. The quantitative estimate of drug-likeness (QED) is 0.621. The third-order valence-corrected chi connectivity index (χ3v) is 5.06. The highest BCUT2D eigenvalue weighted by Crippen LogP contribution is 2.15. The number of sulfonamides is 1. The number of nitrogens with zero attached hydrogens (tertiary/aromatic N) is 1. The molecule has 0 fully saturated rings. The van der Waals surface area contributed by atoms with E-state index in [2.05, 4.69) is 5.32 Å². The maximum absolute atomic E-state index is 12.3. The number of likely N-dealkylation sites (N-methyl/N-ethyl adjacent to an activating group) is 1. The number of aryl methyl sites for hydroxylation is 1. The van der Waals surface area contributed by atoms with Gasteiger partial charge in [-0.1, -0.05) is 17.7 Å². The van der Waals surface area contributed by atoms with Gasteiger partial charge in [0.2, 0.25) is 10.0 Å². The summed E-state index contributed by atoms with van der Waals surface area (Å²) >= 11 is 0. The van der Waals surface area contributed by atoms with Crippen molar-refractivity contribution in [1.82, 2.24) is 9.62 Å². The average Bonchev–Trinajstić information content (AvgIpc) is 2.44. The van der Waals surface area contributed by atoms with Crippen molar-refractivity contribution in [3.8, 4) is 0 Å². The van der Waals surface area contributed by atoms with Gasteiger partial charge in [0.25, 0.3) is 0 Å². The van der Waals surface area contributed by atoms with Crippen molar-refractivity contribution < 1.29 is 23.4 Å². The molecule has 2 atom stereocenters. The Kier molecular flexibility index (Phi) is 6.48. The fraction of sp³-hybridized carbons (Fsp3) is 0.500. The fourth-order valence-corrected chi connectivity index (χ4v) is 2.96. The molecule has 22 heavy (non-hydrogen) atoms. The summed E-state index contributed by atoms with van der Waals surface area (Å²) in [5.74, 6) is -1.03. The Morgan fingerprint density at radius 1 is 1.32 bits per heavy atom. The SMILES string of the molecule is Cc1ccc(S(=O)(=O)N(C)CC(O)CNC(C)C(=O)O)cc1. The Labute approximate surface area is 130 Å². The molecule has 8 heteroatoms. The molecular weight excluding hydrogens is 308 g/mol. The van der Waals surface area contributed by atoms with Gasteiger partial charge in [-0.25, -0.2) is 8.42 Å². The standard InChI is InChI=1S/C14H22N2O5S/c1-10-4-6-13(7-5-10)22(20,21)16(3)9-12(17)8-15-11(2)14(18)19/h4-7,11-12,15,17H,8-9H2,1-3H3,(H,18,19). The normalized spacial score (nSPS) is 14.8. The number of aliphatic hydroxyl groups excluding tert-OH is 1. The van der Waals surface area contributed by atoms with Crippen molar-refractivity contribution in [1.29, 1.82) is 0 Å². The average molecular weight is 330 g/mol. The van der Waals surface area contributed by atoms with Crippen molar-refractivity contribution in [2.75, 3.05) is 20.1 Å². The van der Waals surface area contributed by atoms with E-state index in [4.69, 9.17) is 5.11 Å². The number of carboxylic acid groups (broad SMARTS) is 1. The van der Waals surface area contributed by atoms with Gasteiger partial charge in [-0.3, -0.25) is 4.79 Å². The van der Waals surface area contributed by atoms with Crippen LogP contribution < -0.4 is 5.32 Å². The molecule has 1 aromatic carbocycles.